The van der Waals surface area contributed by atoms with Gasteiger partial charge < -0.3 is 9.84 Å². The van der Waals surface area contributed by atoms with Crippen LogP contribution in [0.25, 0.3) is 25.9 Å². The first-order valence-corrected chi connectivity index (χ1v) is 9.71. The topological polar surface area (TPSA) is 80.9 Å². The van der Waals surface area contributed by atoms with Crippen LogP contribution in [-0.4, -0.2) is 20.5 Å². The van der Waals surface area contributed by atoms with E-state index in [1.54, 1.807) is 10.5 Å². The molecular formula is C22H14N2O4S. The monoisotopic (exact) mass is 402 g/mol. The van der Waals surface area contributed by atoms with Gasteiger partial charge in [-0.3, -0.25) is 9.20 Å². The van der Waals surface area contributed by atoms with Crippen LogP contribution in [0.15, 0.2) is 71.5 Å². The lowest BCUT2D eigenvalue weighted by atomic mass is 10.1. The number of phenols is 1. The van der Waals surface area contributed by atoms with E-state index in [0.717, 1.165) is 21.0 Å². The molecule has 1 N–H and O–H groups in total. The number of thiazole rings is 1. The Hall–Kier alpha value is -3.71. The molecule has 0 aliphatic rings. The zero-order valence-electron chi connectivity index (χ0n) is 15.0. The molecule has 2 aromatic heterocycles. The SMILES string of the molecule is O=C(OCc1cc(=O)n2c(n1)sc1ccccc12)c1cc2ccccc2cc1O. The first kappa shape index (κ1) is 17.4. The Bertz CT molecular complexity index is 1470. The maximum atomic E-state index is 12.5. The summed E-state index contributed by atoms with van der Waals surface area (Å²) in [5, 5.41) is 11.8. The number of benzene rings is 3. The standard InChI is InChI=1S/C22H14N2O4S/c25-18-10-14-6-2-1-5-13(14)9-16(18)21(27)28-12-15-11-20(26)24-17-7-3-4-8-19(17)29-22(24)23-15/h1-11,25H,12H2. The number of carbonyl (C=O) groups excluding carboxylic acids is 1. The fourth-order valence-corrected chi connectivity index (χ4v) is 4.36. The molecule has 5 rings (SSSR count). The third-order valence-corrected chi connectivity index (χ3v) is 5.71. The lowest BCUT2D eigenvalue weighted by Crippen LogP contribution is -2.15. The maximum Gasteiger partial charge on any atom is 0.342 e. The fourth-order valence-electron chi connectivity index (χ4n) is 3.31. The average molecular weight is 402 g/mol. The summed E-state index contributed by atoms with van der Waals surface area (Å²) in [5.74, 6) is -0.826. The Labute approximate surface area is 168 Å². The summed E-state index contributed by atoms with van der Waals surface area (Å²) in [5.41, 5.74) is 1.00. The molecule has 0 amide bonds. The van der Waals surface area contributed by atoms with Crippen molar-refractivity contribution in [2.45, 2.75) is 6.61 Å². The lowest BCUT2D eigenvalue weighted by Gasteiger charge is -2.08. The van der Waals surface area contributed by atoms with Crippen LogP contribution in [0.1, 0.15) is 16.1 Å². The molecule has 0 bridgehead atoms. The minimum Gasteiger partial charge on any atom is -0.507 e. The number of aromatic hydroxyl groups is 1. The van der Waals surface area contributed by atoms with Crippen molar-refractivity contribution in [3.8, 4) is 5.75 Å². The highest BCUT2D eigenvalue weighted by Gasteiger charge is 2.16. The quantitative estimate of drug-likeness (QED) is 0.459. The van der Waals surface area contributed by atoms with E-state index < -0.39 is 5.97 Å². The molecule has 2 heterocycles. The third kappa shape index (κ3) is 3.01. The second-order valence-electron chi connectivity index (χ2n) is 6.57. The molecule has 29 heavy (non-hydrogen) atoms. The van der Waals surface area contributed by atoms with Gasteiger partial charge in [0.15, 0.2) is 4.96 Å². The van der Waals surface area contributed by atoms with Gasteiger partial charge in [-0.1, -0.05) is 47.7 Å². The molecule has 6 nitrogen and oxygen atoms in total. The van der Waals surface area contributed by atoms with Crippen molar-refractivity contribution in [2.75, 3.05) is 0 Å². The highest BCUT2D eigenvalue weighted by molar-refractivity contribution is 7.23. The molecule has 0 saturated heterocycles. The largest absolute Gasteiger partial charge is 0.507 e. The van der Waals surface area contributed by atoms with E-state index in [9.17, 15) is 14.7 Å². The molecule has 142 valence electrons. The summed E-state index contributed by atoms with van der Waals surface area (Å²) >= 11 is 1.40. The number of phenolic OH excluding ortho intramolecular Hbond substituents is 1. The van der Waals surface area contributed by atoms with Gasteiger partial charge in [-0.2, -0.15) is 0 Å². The predicted octanol–water partition coefficient (Wildman–Crippen LogP) is 4.13. The number of rotatable bonds is 3. The third-order valence-electron chi connectivity index (χ3n) is 4.68. The number of hydrogen-bond acceptors (Lipinski definition) is 6. The van der Waals surface area contributed by atoms with Crippen LogP contribution < -0.4 is 5.56 Å². The molecule has 3 aromatic carbocycles. The van der Waals surface area contributed by atoms with Crippen molar-refractivity contribution in [3.63, 3.8) is 0 Å². The predicted molar refractivity (Wildman–Crippen MR) is 112 cm³/mol. The molecule has 0 aliphatic heterocycles. The summed E-state index contributed by atoms with van der Waals surface area (Å²) in [7, 11) is 0. The number of carbonyl (C=O) groups is 1. The molecule has 0 radical (unpaired) electrons. The fraction of sp³-hybridized carbons (Fsp3) is 0.0455. The van der Waals surface area contributed by atoms with E-state index in [4.69, 9.17) is 4.74 Å². The highest BCUT2D eigenvalue weighted by atomic mass is 32.1. The molecule has 0 spiro atoms. The van der Waals surface area contributed by atoms with Gasteiger partial charge in [0.1, 0.15) is 17.9 Å². The number of aromatic nitrogens is 2. The zero-order valence-corrected chi connectivity index (χ0v) is 15.8. The van der Waals surface area contributed by atoms with Crippen LogP contribution in [0, 0.1) is 0 Å². The molecule has 0 aliphatic carbocycles. The van der Waals surface area contributed by atoms with Crippen molar-refractivity contribution < 1.29 is 14.6 Å². The van der Waals surface area contributed by atoms with Crippen molar-refractivity contribution in [1.82, 2.24) is 9.38 Å². The van der Waals surface area contributed by atoms with Gasteiger partial charge in [0.05, 0.1) is 15.9 Å². The second kappa shape index (κ2) is 6.72. The van der Waals surface area contributed by atoms with E-state index >= 15 is 0 Å². The molecule has 0 atom stereocenters. The first-order valence-electron chi connectivity index (χ1n) is 8.89. The van der Waals surface area contributed by atoms with Gasteiger partial charge >= 0.3 is 5.97 Å². The number of para-hydroxylation sites is 1. The number of esters is 1. The number of fused-ring (bicyclic) bond motifs is 4. The average Bonchev–Trinajstić information content (AvgIpc) is 3.10. The zero-order chi connectivity index (χ0) is 20.0. The summed E-state index contributed by atoms with van der Waals surface area (Å²) < 4.78 is 7.81. The Balaban J connectivity index is 1.44. The van der Waals surface area contributed by atoms with E-state index in [1.165, 1.54) is 23.5 Å². The Morgan fingerprint density at radius 3 is 2.59 bits per heavy atom. The lowest BCUT2D eigenvalue weighted by molar-refractivity contribution is 0.0464. The number of hydrogen-bond donors (Lipinski definition) is 1. The smallest absolute Gasteiger partial charge is 0.342 e. The van der Waals surface area contributed by atoms with Crippen LogP contribution in [0.5, 0.6) is 5.75 Å². The molecule has 0 unspecified atom stereocenters. The highest BCUT2D eigenvalue weighted by Crippen LogP contribution is 2.26. The van der Waals surface area contributed by atoms with Crippen LogP contribution in [-0.2, 0) is 11.3 Å². The van der Waals surface area contributed by atoms with Gasteiger partial charge in [0.2, 0.25) is 0 Å². The molecule has 0 saturated carbocycles. The summed E-state index contributed by atoms with van der Waals surface area (Å²) in [6.07, 6.45) is 0. The molecular weight excluding hydrogens is 388 g/mol. The summed E-state index contributed by atoms with van der Waals surface area (Å²) in [6.45, 7) is -0.162. The van der Waals surface area contributed by atoms with Crippen molar-refractivity contribution in [1.29, 1.82) is 0 Å². The van der Waals surface area contributed by atoms with Gasteiger partial charge in [-0.25, -0.2) is 9.78 Å². The summed E-state index contributed by atoms with van der Waals surface area (Å²) in [4.78, 5) is 30.0. The maximum absolute atomic E-state index is 12.5. The van der Waals surface area contributed by atoms with Crippen molar-refractivity contribution >= 4 is 43.3 Å². The second-order valence-corrected chi connectivity index (χ2v) is 7.58. The summed E-state index contributed by atoms with van der Waals surface area (Å²) in [6, 6.07) is 19.4. The molecule has 7 heteroatoms. The van der Waals surface area contributed by atoms with Crippen LogP contribution in [0.3, 0.4) is 0 Å². The molecule has 5 aromatic rings. The van der Waals surface area contributed by atoms with Crippen LogP contribution >= 0.6 is 11.3 Å². The van der Waals surface area contributed by atoms with E-state index in [0.29, 0.717) is 10.7 Å². The Morgan fingerprint density at radius 2 is 1.76 bits per heavy atom. The number of ether oxygens (including phenoxy) is 1. The van der Waals surface area contributed by atoms with Gasteiger partial charge in [-0.05, 0) is 35.0 Å². The van der Waals surface area contributed by atoms with Crippen LogP contribution in [0.2, 0.25) is 0 Å². The first-order chi connectivity index (χ1) is 14.1. The number of nitrogens with zero attached hydrogens (tertiary/aromatic N) is 2. The van der Waals surface area contributed by atoms with E-state index in [2.05, 4.69) is 4.98 Å². The van der Waals surface area contributed by atoms with Gasteiger partial charge in [-0.15, -0.1) is 0 Å². The van der Waals surface area contributed by atoms with Crippen LogP contribution in [0.4, 0.5) is 0 Å². The van der Waals surface area contributed by atoms with E-state index in [1.807, 2.05) is 48.5 Å². The van der Waals surface area contributed by atoms with Gasteiger partial charge in [0.25, 0.3) is 5.56 Å². The minimum atomic E-state index is -0.674. The Kier molecular flexibility index (Phi) is 4.03. The van der Waals surface area contributed by atoms with Crippen molar-refractivity contribution in [2.24, 2.45) is 0 Å². The van der Waals surface area contributed by atoms with Crippen molar-refractivity contribution in [3.05, 3.63) is 88.3 Å². The molecule has 0 fully saturated rings. The minimum absolute atomic E-state index is 0.0726. The Morgan fingerprint density at radius 1 is 1.03 bits per heavy atom. The van der Waals surface area contributed by atoms with Gasteiger partial charge in [0, 0.05) is 6.07 Å². The van der Waals surface area contributed by atoms with E-state index in [-0.39, 0.29) is 23.5 Å². The normalized spacial score (nSPS) is 11.3.